The monoisotopic (exact) mass is 410 g/mol. The molecule has 2 aromatic rings. The number of hydrogen-bond donors (Lipinski definition) is 2. The third-order valence-electron chi connectivity index (χ3n) is 4.67. The van der Waals surface area contributed by atoms with Crippen molar-refractivity contribution in [2.45, 2.75) is 38.9 Å². The molecule has 0 aliphatic carbocycles. The van der Waals surface area contributed by atoms with Gasteiger partial charge in [0.1, 0.15) is 0 Å². The van der Waals surface area contributed by atoms with E-state index < -0.39 is 12.2 Å². The Morgan fingerprint density at radius 2 is 1.57 bits per heavy atom. The molecular weight excluding hydrogens is 380 g/mol. The van der Waals surface area contributed by atoms with E-state index in [2.05, 4.69) is 17.8 Å². The second-order valence-electron chi connectivity index (χ2n) is 6.86. The highest BCUT2D eigenvalue weighted by molar-refractivity contribution is 5.99. The molecule has 160 valence electrons. The lowest BCUT2D eigenvalue weighted by Crippen LogP contribution is -2.40. The first-order chi connectivity index (χ1) is 14.6. The zero-order valence-corrected chi connectivity index (χ0v) is 17.8. The molecule has 0 heterocycles. The molecule has 2 N–H and O–H groups in total. The maximum absolute atomic E-state index is 12.4. The normalized spacial score (nSPS) is 11.4. The van der Waals surface area contributed by atoms with Crippen LogP contribution in [0.25, 0.3) is 5.57 Å². The van der Waals surface area contributed by atoms with Crippen LogP contribution >= 0.6 is 0 Å². The van der Waals surface area contributed by atoms with Gasteiger partial charge in [0.2, 0.25) is 0 Å². The molecule has 0 saturated carbocycles. The average Bonchev–Trinajstić information content (AvgIpc) is 2.79. The summed E-state index contributed by atoms with van der Waals surface area (Å²) in [7, 11) is 3.09. The zero-order valence-electron chi connectivity index (χ0n) is 17.8. The summed E-state index contributed by atoms with van der Waals surface area (Å²) in [4.78, 5) is 24.7. The van der Waals surface area contributed by atoms with Crippen LogP contribution in [0, 0.1) is 0 Å². The van der Waals surface area contributed by atoms with E-state index in [1.54, 1.807) is 44.6 Å². The first kappa shape index (κ1) is 23.3. The molecule has 0 bridgehead atoms. The number of amides is 2. The standard InChI is InChI=1S/C24H30N2O4/c1-4-5-7-12-21(18-10-8-6-9-11-18)17-22(27)25-26-23(28)19-13-15-20(16-14-19)24(29-2)30-3/h6,8-11,13-17,24H,4-5,7,12H2,1-3H3,(H,25,27)(H,26,28)/b21-17-. The third-order valence-corrected chi connectivity index (χ3v) is 4.67. The molecule has 0 saturated heterocycles. The van der Waals surface area contributed by atoms with E-state index in [1.807, 2.05) is 30.3 Å². The molecule has 0 aromatic heterocycles. The van der Waals surface area contributed by atoms with E-state index in [9.17, 15) is 9.59 Å². The van der Waals surface area contributed by atoms with Crippen LogP contribution in [0.5, 0.6) is 0 Å². The summed E-state index contributed by atoms with van der Waals surface area (Å²) in [5, 5.41) is 0. The van der Waals surface area contributed by atoms with Crippen LogP contribution in [0.15, 0.2) is 60.7 Å². The zero-order chi connectivity index (χ0) is 21.8. The molecule has 0 spiro atoms. The fourth-order valence-corrected chi connectivity index (χ4v) is 3.06. The number of methoxy groups -OCH3 is 2. The molecule has 2 rings (SSSR count). The van der Waals surface area contributed by atoms with Crippen molar-refractivity contribution in [1.29, 1.82) is 0 Å². The Balaban J connectivity index is 1.99. The van der Waals surface area contributed by atoms with E-state index in [-0.39, 0.29) is 5.91 Å². The van der Waals surface area contributed by atoms with Crippen molar-refractivity contribution in [3.8, 4) is 0 Å². The first-order valence-electron chi connectivity index (χ1n) is 10.1. The lowest BCUT2D eigenvalue weighted by molar-refractivity contribution is -0.117. The first-order valence-corrected chi connectivity index (χ1v) is 10.1. The van der Waals surface area contributed by atoms with Crippen LogP contribution in [-0.4, -0.2) is 26.0 Å². The SMILES string of the molecule is CCCCC/C(=C/C(=O)NNC(=O)c1ccc(C(OC)OC)cc1)c1ccccc1. The Morgan fingerprint density at radius 1 is 0.900 bits per heavy atom. The predicted octanol–water partition coefficient (Wildman–Crippen LogP) is 4.40. The van der Waals surface area contributed by atoms with Gasteiger partial charge in [-0.1, -0.05) is 62.2 Å². The molecule has 2 amide bonds. The lowest BCUT2D eigenvalue weighted by atomic mass is 9.99. The van der Waals surface area contributed by atoms with Gasteiger partial charge in [0, 0.05) is 31.4 Å². The molecule has 0 fully saturated rings. The summed E-state index contributed by atoms with van der Waals surface area (Å²) >= 11 is 0. The van der Waals surface area contributed by atoms with Crippen molar-refractivity contribution >= 4 is 17.4 Å². The Kier molecular flexibility index (Phi) is 9.77. The number of carbonyl (C=O) groups is 2. The van der Waals surface area contributed by atoms with Gasteiger partial charge in [-0.3, -0.25) is 20.4 Å². The smallest absolute Gasteiger partial charge is 0.269 e. The molecule has 0 unspecified atom stereocenters. The van der Waals surface area contributed by atoms with E-state index >= 15 is 0 Å². The Labute approximate surface area is 178 Å². The molecule has 6 heteroatoms. The third kappa shape index (κ3) is 7.13. The summed E-state index contributed by atoms with van der Waals surface area (Å²) < 4.78 is 10.4. The topological polar surface area (TPSA) is 76.7 Å². The Hall–Kier alpha value is -2.96. The second kappa shape index (κ2) is 12.6. The van der Waals surface area contributed by atoms with Crippen molar-refractivity contribution in [1.82, 2.24) is 10.9 Å². The number of benzene rings is 2. The maximum Gasteiger partial charge on any atom is 0.269 e. The van der Waals surface area contributed by atoms with Gasteiger partial charge in [-0.25, -0.2) is 0 Å². The average molecular weight is 411 g/mol. The van der Waals surface area contributed by atoms with Crippen LogP contribution in [0.2, 0.25) is 0 Å². The summed E-state index contributed by atoms with van der Waals surface area (Å²) in [6.45, 7) is 2.14. The van der Waals surface area contributed by atoms with Gasteiger partial charge in [0.25, 0.3) is 11.8 Å². The van der Waals surface area contributed by atoms with Crippen LogP contribution in [0.3, 0.4) is 0 Å². The fraction of sp³-hybridized carbons (Fsp3) is 0.333. The minimum atomic E-state index is -0.490. The predicted molar refractivity (Wildman–Crippen MR) is 117 cm³/mol. The number of unbranched alkanes of at least 4 members (excludes halogenated alkanes) is 2. The number of hydrazine groups is 1. The van der Waals surface area contributed by atoms with E-state index in [0.717, 1.165) is 42.4 Å². The maximum atomic E-state index is 12.4. The number of rotatable bonds is 10. The van der Waals surface area contributed by atoms with Gasteiger partial charge in [-0.2, -0.15) is 0 Å². The minimum absolute atomic E-state index is 0.367. The summed E-state index contributed by atoms with van der Waals surface area (Å²) in [6.07, 6.45) is 5.09. The molecule has 0 radical (unpaired) electrons. The fourth-order valence-electron chi connectivity index (χ4n) is 3.06. The van der Waals surface area contributed by atoms with Crippen LogP contribution < -0.4 is 10.9 Å². The number of carbonyl (C=O) groups excluding carboxylic acids is 2. The van der Waals surface area contributed by atoms with Crippen molar-refractivity contribution in [2.75, 3.05) is 14.2 Å². The quantitative estimate of drug-likeness (QED) is 0.263. The summed E-state index contributed by atoms with van der Waals surface area (Å²) in [6, 6.07) is 16.6. The number of nitrogens with one attached hydrogen (secondary N) is 2. The Morgan fingerprint density at radius 3 is 2.17 bits per heavy atom. The summed E-state index contributed by atoms with van der Waals surface area (Å²) in [5.74, 6) is -0.768. The lowest BCUT2D eigenvalue weighted by Gasteiger charge is -2.14. The van der Waals surface area contributed by atoms with Crippen molar-refractivity contribution in [3.63, 3.8) is 0 Å². The number of ether oxygens (including phenoxy) is 2. The molecule has 0 atom stereocenters. The molecule has 2 aromatic carbocycles. The van der Waals surface area contributed by atoms with Crippen LogP contribution in [-0.2, 0) is 14.3 Å². The minimum Gasteiger partial charge on any atom is -0.352 e. The van der Waals surface area contributed by atoms with Gasteiger partial charge in [-0.15, -0.1) is 0 Å². The molecular formula is C24H30N2O4. The van der Waals surface area contributed by atoms with Crippen molar-refractivity contribution < 1.29 is 19.1 Å². The second-order valence-corrected chi connectivity index (χ2v) is 6.86. The number of hydrogen-bond acceptors (Lipinski definition) is 4. The highest BCUT2D eigenvalue weighted by Gasteiger charge is 2.11. The van der Waals surface area contributed by atoms with E-state index in [0.29, 0.717) is 5.56 Å². The van der Waals surface area contributed by atoms with Crippen LogP contribution in [0.1, 0.15) is 60.4 Å². The van der Waals surface area contributed by atoms with Gasteiger partial charge in [-0.05, 0) is 36.1 Å². The molecule has 0 aliphatic rings. The van der Waals surface area contributed by atoms with Gasteiger partial charge in [0.15, 0.2) is 6.29 Å². The van der Waals surface area contributed by atoms with Gasteiger partial charge >= 0.3 is 0 Å². The summed E-state index contributed by atoms with van der Waals surface area (Å²) in [5.41, 5.74) is 8.09. The van der Waals surface area contributed by atoms with Gasteiger partial charge < -0.3 is 9.47 Å². The van der Waals surface area contributed by atoms with Crippen LogP contribution in [0.4, 0.5) is 0 Å². The van der Waals surface area contributed by atoms with Crippen molar-refractivity contribution in [3.05, 3.63) is 77.4 Å². The molecule has 6 nitrogen and oxygen atoms in total. The van der Waals surface area contributed by atoms with Gasteiger partial charge in [0.05, 0.1) is 0 Å². The molecule has 0 aliphatic heterocycles. The van der Waals surface area contributed by atoms with E-state index in [4.69, 9.17) is 9.47 Å². The van der Waals surface area contributed by atoms with Crippen molar-refractivity contribution in [2.24, 2.45) is 0 Å². The highest BCUT2D eigenvalue weighted by Crippen LogP contribution is 2.21. The molecule has 30 heavy (non-hydrogen) atoms. The Bertz CT molecular complexity index is 828. The van der Waals surface area contributed by atoms with E-state index in [1.165, 1.54) is 0 Å². The number of allylic oxidation sites excluding steroid dienone is 1. The largest absolute Gasteiger partial charge is 0.352 e. The highest BCUT2D eigenvalue weighted by atomic mass is 16.7.